The largest absolute Gasteiger partial charge is 0.480 e. The monoisotopic (exact) mass is 237 g/mol. The van der Waals surface area contributed by atoms with Crippen LogP contribution in [-0.2, 0) is 11.2 Å². The maximum absolute atomic E-state index is 11.1. The number of hydrazine groups is 1. The third-order valence-corrected chi connectivity index (χ3v) is 2.80. The lowest BCUT2D eigenvalue weighted by Crippen LogP contribution is -2.54. The highest BCUT2D eigenvalue weighted by atomic mass is 16.4. The van der Waals surface area contributed by atoms with Crippen LogP contribution in [0.3, 0.4) is 0 Å². The Balaban J connectivity index is 2.85. The van der Waals surface area contributed by atoms with Gasteiger partial charge in [0.25, 0.3) is 0 Å². The molecule has 0 saturated carbocycles. The van der Waals surface area contributed by atoms with Crippen LogP contribution in [-0.4, -0.2) is 30.7 Å². The number of carboxylic acids is 1. The average Bonchev–Trinajstić information content (AvgIpc) is 2.29. The Morgan fingerprint density at radius 3 is 2.29 bits per heavy atom. The number of aliphatic carboxylic acids is 1. The summed E-state index contributed by atoms with van der Waals surface area (Å²) in [6.45, 7) is 1.56. The normalized spacial score (nSPS) is 14.1. The third-order valence-electron chi connectivity index (χ3n) is 2.80. The number of nitrogens with one attached hydrogen (secondary N) is 1. The molecule has 1 aromatic rings. The first-order chi connectivity index (χ1) is 7.89. The van der Waals surface area contributed by atoms with E-state index in [9.17, 15) is 4.79 Å². The number of hydrogen-bond acceptors (Lipinski definition) is 4. The Labute approximate surface area is 101 Å². The van der Waals surface area contributed by atoms with Gasteiger partial charge in [-0.2, -0.15) is 0 Å². The molecule has 5 nitrogen and oxygen atoms in total. The number of carboxylic acid groups (broad SMARTS) is 1. The molecule has 1 unspecified atom stereocenters. The van der Waals surface area contributed by atoms with Crippen molar-refractivity contribution in [1.29, 1.82) is 0 Å². The first-order valence-electron chi connectivity index (χ1n) is 5.36. The fourth-order valence-corrected chi connectivity index (χ4v) is 1.51. The van der Waals surface area contributed by atoms with Crippen molar-refractivity contribution < 1.29 is 9.90 Å². The molecule has 0 aromatic heterocycles. The Hall–Kier alpha value is -1.59. The summed E-state index contributed by atoms with van der Waals surface area (Å²) >= 11 is 0. The van der Waals surface area contributed by atoms with Crippen LogP contribution in [0.4, 0.5) is 5.69 Å². The minimum atomic E-state index is -1.14. The van der Waals surface area contributed by atoms with Gasteiger partial charge in [0, 0.05) is 26.2 Å². The van der Waals surface area contributed by atoms with Gasteiger partial charge in [0.15, 0.2) is 0 Å². The zero-order valence-corrected chi connectivity index (χ0v) is 10.4. The number of carbonyl (C=O) groups is 1. The standard InChI is InChI=1S/C12H19N3O2/c1-12(14-13,11(16)17)8-9-4-6-10(7-5-9)15(2)3/h4-7,14H,8,13H2,1-3H3,(H,16,17). The van der Waals surface area contributed by atoms with E-state index < -0.39 is 11.5 Å². The predicted molar refractivity (Wildman–Crippen MR) is 67.8 cm³/mol. The van der Waals surface area contributed by atoms with Crippen LogP contribution in [0.1, 0.15) is 12.5 Å². The van der Waals surface area contributed by atoms with E-state index in [0.717, 1.165) is 11.3 Å². The third kappa shape index (κ3) is 3.18. The fraction of sp³-hybridized carbons (Fsp3) is 0.417. The molecule has 0 radical (unpaired) electrons. The lowest BCUT2D eigenvalue weighted by atomic mass is 9.93. The summed E-state index contributed by atoms with van der Waals surface area (Å²) in [5.74, 6) is 4.33. The SMILES string of the molecule is CN(C)c1ccc(CC(C)(NN)C(=O)O)cc1. The van der Waals surface area contributed by atoms with Gasteiger partial charge in [-0.15, -0.1) is 0 Å². The molecular weight excluding hydrogens is 218 g/mol. The van der Waals surface area contributed by atoms with Crippen LogP contribution in [0.15, 0.2) is 24.3 Å². The Bertz CT molecular complexity index is 389. The quantitative estimate of drug-likeness (QED) is 0.516. The molecule has 4 N–H and O–H groups in total. The second-order valence-corrected chi connectivity index (χ2v) is 4.52. The van der Waals surface area contributed by atoms with E-state index in [4.69, 9.17) is 10.9 Å². The number of hydrogen-bond donors (Lipinski definition) is 3. The highest BCUT2D eigenvalue weighted by Crippen LogP contribution is 2.17. The zero-order chi connectivity index (χ0) is 13.1. The maximum Gasteiger partial charge on any atom is 0.325 e. The molecule has 1 aromatic carbocycles. The van der Waals surface area contributed by atoms with Crippen LogP contribution in [0.2, 0.25) is 0 Å². The molecule has 17 heavy (non-hydrogen) atoms. The van der Waals surface area contributed by atoms with Gasteiger partial charge in [0.2, 0.25) is 0 Å². The van der Waals surface area contributed by atoms with E-state index in [1.54, 1.807) is 6.92 Å². The lowest BCUT2D eigenvalue weighted by Gasteiger charge is -2.24. The number of nitrogens with two attached hydrogens (primary N) is 1. The van der Waals surface area contributed by atoms with E-state index in [-0.39, 0.29) is 0 Å². The molecule has 0 fully saturated rings. The number of nitrogens with zero attached hydrogens (tertiary/aromatic N) is 1. The van der Waals surface area contributed by atoms with Gasteiger partial charge >= 0.3 is 5.97 Å². The van der Waals surface area contributed by atoms with E-state index in [1.807, 2.05) is 43.3 Å². The molecule has 0 aliphatic carbocycles. The Morgan fingerprint density at radius 1 is 1.41 bits per heavy atom. The van der Waals surface area contributed by atoms with Gasteiger partial charge in [-0.05, 0) is 24.6 Å². The van der Waals surface area contributed by atoms with Crippen molar-refractivity contribution in [2.24, 2.45) is 5.84 Å². The first kappa shape index (κ1) is 13.5. The second kappa shape index (κ2) is 5.16. The maximum atomic E-state index is 11.1. The summed E-state index contributed by atoms with van der Waals surface area (Å²) in [6, 6.07) is 7.73. The number of rotatable bonds is 5. The van der Waals surface area contributed by atoms with Gasteiger partial charge in [-0.25, -0.2) is 5.43 Å². The average molecular weight is 237 g/mol. The molecule has 0 heterocycles. The highest BCUT2D eigenvalue weighted by Gasteiger charge is 2.31. The van der Waals surface area contributed by atoms with Gasteiger partial charge in [-0.1, -0.05) is 12.1 Å². The smallest absolute Gasteiger partial charge is 0.325 e. The van der Waals surface area contributed by atoms with Crippen molar-refractivity contribution >= 4 is 11.7 Å². The Kier molecular flexibility index (Phi) is 4.09. The molecule has 1 rings (SSSR count). The molecule has 0 amide bonds. The summed E-state index contributed by atoms with van der Waals surface area (Å²) in [7, 11) is 3.91. The summed E-state index contributed by atoms with van der Waals surface area (Å²) in [6.07, 6.45) is 0.340. The summed E-state index contributed by atoms with van der Waals surface area (Å²) in [4.78, 5) is 13.1. The Morgan fingerprint density at radius 2 is 1.94 bits per heavy atom. The van der Waals surface area contributed by atoms with Crippen LogP contribution in [0, 0.1) is 0 Å². The van der Waals surface area contributed by atoms with Crippen molar-refractivity contribution in [3.05, 3.63) is 29.8 Å². The minimum absolute atomic E-state index is 0.340. The van der Waals surface area contributed by atoms with Gasteiger partial charge in [0.05, 0.1) is 0 Å². The molecule has 0 spiro atoms. The van der Waals surface area contributed by atoms with Crippen molar-refractivity contribution in [3.63, 3.8) is 0 Å². The van der Waals surface area contributed by atoms with Crippen molar-refractivity contribution in [1.82, 2.24) is 5.43 Å². The fourth-order valence-electron chi connectivity index (χ4n) is 1.51. The van der Waals surface area contributed by atoms with E-state index in [1.165, 1.54) is 0 Å². The summed E-state index contributed by atoms with van der Waals surface area (Å²) < 4.78 is 0. The molecule has 0 saturated heterocycles. The summed E-state index contributed by atoms with van der Waals surface area (Å²) in [5, 5.41) is 9.09. The molecule has 94 valence electrons. The van der Waals surface area contributed by atoms with Gasteiger partial charge in [-0.3, -0.25) is 10.6 Å². The molecule has 0 bridgehead atoms. The van der Waals surface area contributed by atoms with Gasteiger partial charge in [0.1, 0.15) is 5.54 Å². The topological polar surface area (TPSA) is 78.6 Å². The van der Waals surface area contributed by atoms with Crippen molar-refractivity contribution in [2.45, 2.75) is 18.9 Å². The molecule has 0 aliphatic rings. The van der Waals surface area contributed by atoms with Crippen molar-refractivity contribution in [2.75, 3.05) is 19.0 Å². The van der Waals surface area contributed by atoms with E-state index in [2.05, 4.69) is 5.43 Å². The molecule has 5 heteroatoms. The lowest BCUT2D eigenvalue weighted by molar-refractivity contribution is -0.144. The van der Waals surface area contributed by atoms with Crippen LogP contribution in [0.25, 0.3) is 0 Å². The number of benzene rings is 1. The number of anilines is 1. The van der Waals surface area contributed by atoms with Crippen LogP contribution < -0.4 is 16.2 Å². The van der Waals surface area contributed by atoms with E-state index in [0.29, 0.717) is 6.42 Å². The summed E-state index contributed by atoms with van der Waals surface area (Å²) in [5.41, 5.74) is 3.22. The first-order valence-corrected chi connectivity index (χ1v) is 5.36. The van der Waals surface area contributed by atoms with E-state index >= 15 is 0 Å². The second-order valence-electron chi connectivity index (χ2n) is 4.52. The molecule has 0 aliphatic heterocycles. The predicted octanol–water partition coefficient (Wildman–Crippen LogP) is 0.602. The minimum Gasteiger partial charge on any atom is -0.480 e. The molecular formula is C12H19N3O2. The highest BCUT2D eigenvalue weighted by molar-refractivity contribution is 5.78. The van der Waals surface area contributed by atoms with Crippen LogP contribution in [0.5, 0.6) is 0 Å². The van der Waals surface area contributed by atoms with Crippen LogP contribution >= 0.6 is 0 Å². The zero-order valence-electron chi connectivity index (χ0n) is 10.4. The van der Waals surface area contributed by atoms with Gasteiger partial charge < -0.3 is 10.0 Å². The van der Waals surface area contributed by atoms with Crippen molar-refractivity contribution in [3.8, 4) is 0 Å². The molecule has 1 atom stereocenters.